The zero-order valence-electron chi connectivity index (χ0n) is 10.0. The summed E-state index contributed by atoms with van der Waals surface area (Å²) in [5.74, 6) is 1.03. The molecule has 1 aliphatic rings. The molecule has 2 rings (SSSR count). The van der Waals surface area contributed by atoms with Crippen molar-refractivity contribution in [3.8, 4) is 0 Å². The monoisotopic (exact) mass is 266 g/mol. The number of hydrogen-bond acceptors (Lipinski definition) is 3. The minimum atomic E-state index is 0.489. The fourth-order valence-electron chi connectivity index (χ4n) is 1.95. The molecule has 3 N–H and O–H groups in total. The van der Waals surface area contributed by atoms with E-state index in [1.165, 1.54) is 24.2 Å². The lowest BCUT2D eigenvalue weighted by molar-refractivity contribution is 0.445. The molecule has 0 aromatic heterocycles. The Morgan fingerprint density at radius 1 is 1.53 bits per heavy atom. The predicted octanol–water partition coefficient (Wildman–Crippen LogP) is 3.40. The number of nitrogens with one attached hydrogen (secondary N) is 1. The Bertz CT molecular complexity index is 414. The highest BCUT2D eigenvalue weighted by atomic mass is 32.2. The van der Waals surface area contributed by atoms with Crippen LogP contribution in [0.25, 0.3) is 0 Å². The van der Waals surface area contributed by atoms with E-state index in [1.807, 2.05) is 0 Å². The van der Waals surface area contributed by atoms with Crippen LogP contribution in [0.2, 0.25) is 0 Å². The fourth-order valence-corrected chi connectivity index (χ4v) is 3.09. The Hall–Kier alpha value is -0.740. The average molecular weight is 266 g/mol. The number of thiocarbonyl (C=S) groups is 1. The summed E-state index contributed by atoms with van der Waals surface area (Å²) in [7, 11) is 0. The summed E-state index contributed by atoms with van der Waals surface area (Å²) < 4.78 is 0. The second-order valence-electron chi connectivity index (χ2n) is 4.25. The van der Waals surface area contributed by atoms with Crippen LogP contribution >= 0.6 is 24.0 Å². The second kappa shape index (κ2) is 5.74. The molecule has 92 valence electrons. The van der Waals surface area contributed by atoms with Crippen molar-refractivity contribution in [1.82, 2.24) is 0 Å². The molecule has 4 heteroatoms. The summed E-state index contributed by atoms with van der Waals surface area (Å²) in [6, 6.07) is 6.84. The zero-order chi connectivity index (χ0) is 12.3. The third-order valence-electron chi connectivity index (χ3n) is 3.04. The first-order valence-electron chi connectivity index (χ1n) is 6.04. The van der Waals surface area contributed by atoms with Gasteiger partial charge in [0.15, 0.2) is 0 Å². The minimum Gasteiger partial charge on any atom is -0.389 e. The first-order chi connectivity index (χ1) is 8.22. The Morgan fingerprint density at radius 2 is 2.29 bits per heavy atom. The standard InChI is InChI=1S/C13H18N2S2/c1-2-17-11-8-4-7-10(12(11)13(14)16)15-9-5-3-6-9/h4,7-9,15H,2-3,5-6H2,1H3,(H2,14,16). The van der Waals surface area contributed by atoms with Crippen molar-refractivity contribution < 1.29 is 0 Å². The molecule has 1 aromatic carbocycles. The Labute approximate surface area is 112 Å². The molecule has 0 unspecified atom stereocenters. The number of anilines is 1. The van der Waals surface area contributed by atoms with Crippen LogP contribution in [0.3, 0.4) is 0 Å². The van der Waals surface area contributed by atoms with Crippen LogP contribution in [-0.2, 0) is 0 Å². The van der Waals surface area contributed by atoms with E-state index in [-0.39, 0.29) is 0 Å². The summed E-state index contributed by atoms with van der Waals surface area (Å²) in [5.41, 5.74) is 7.97. The highest BCUT2D eigenvalue weighted by Crippen LogP contribution is 2.31. The molecule has 1 aromatic rings. The van der Waals surface area contributed by atoms with Gasteiger partial charge in [-0.05, 0) is 37.1 Å². The lowest BCUT2D eigenvalue weighted by Gasteiger charge is -2.29. The predicted molar refractivity (Wildman–Crippen MR) is 80.0 cm³/mol. The molecule has 17 heavy (non-hydrogen) atoms. The van der Waals surface area contributed by atoms with Gasteiger partial charge in [-0.15, -0.1) is 11.8 Å². The van der Waals surface area contributed by atoms with Crippen molar-refractivity contribution in [1.29, 1.82) is 0 Å². The summed E-state index contributed by atoms with van der Waals surface area (Å²) in [6.07, 6.45) is 3.83. The maximum Gasteiger partial charge on any atom is 0.107 e. The first kappa shape index (κ1) is 12.7. The number of benzene rings is 1. The van der Waals surface area contributed by atoms with Crippen molar-refractivity contribution in [2.75, 3.05) is 11.1 Å². The largest absolute Gasteiger partial charge is 0.389 e. The number of nitrogens with two attached hydrogens (primary N) is 1. The number of hydrogen-bond donors (Lipinski definition) is 2. The molecule has 1 aliphatic carbocycles. The van der Waals surface area contributed by atoms with E-state index >= 15 is 0 Å². The molecule has 0 bridgehead atoms. The molecule has 2 nitrogen and oxygen atoms in total. The van der Waals surface area contributed by atoms with Crippen LogP contribution in [0.1, 0.15) is 31.7 Å². The van der Waals surface area contributed by atoms with Crippen LogP contribution in [0, 0.1) is 0 Å². The van der Waals surface area contributed by atoms with Gasteiger partial charge in [-0.1, -0.05) is 25.2 Å². The van der Waals surface area contributed by atoms with Crippen molar-refractivity contribution in [3.05, 3.63) is 23.8 Å². The molecule has 1 saturated carbocycles. The molecular formula is C13H18N2S2. The highest BCUT2D eigenvalue weighted by Gasteiger charge is 2.19. The maximum atomic E-state index is 5.86. The molecule has 0 saturated heterocycles. The molecule has 0 amide bonds. The summed E-state index contributed by atoms with van der Waals surface area (Å²) >= 11 is 6.97. The second-order valence-corrected chi connectivity index (χ2v) is 5.99. The Morgan fingerprint density at radius 3 is 2.82 bits per heavy atom. The van der Waals surface area contributed by atoms with Gasteiger partial charge in [0.05, 0.1) is 0 Å². The molecule has 0 atom stereocenters. The molecule has 0 aliphatic heterocycles. The first-order valence-corrected chi connectivity index (χ1v) is 7.44. The van der Waals surface area contributed by atoms with E-state index in [1.54, 1.807) is 11.8 Å². The van der Waals surface area contributed by atoms with Crippen LogP contribution in [0.4, 0.5) is 5.69 Å². The summed E-state index contributed by atoms with van der Waals surface area (Å²) in [5, 5.41) is 3.55. The van der Waals surface area contributed by atoms with Crippen LogP contribution < -0.4 is 11.1 Å². The fraction of sp³-hybridized carbons (Fsp3) is 0.462. The Kier molecular flexibility index (Phi) is 4.29. The molecule has 0 spiro atoms. The third kappa shape index (κ3) is 2.93. The van der Waals surface area contributed by atoms with E-state index in [0.717, 1.165) is 17.0 Å². The molecular weight excluding hydrogens is 248 g/mol. The smallest absolute Gasteiger partial charge is 0.107 e. The summed E-state index contributed by atoms with van der Waals surface area (Å²) in [6.45, 7) is 2.14. The van der Waals surface area contributed by atoms with Crippen molar-refractivity contribution in [3.63, 3.8) is 0 Å². The lowest BCUT2D eigenvalue weighted by atomic mass is 9.92. The van der Waals surface area contributed by atoms with Crippen molar-refractivity contribution in [2.24, 2.45) is 5.73 Å². The van der Waals surface area contributed by atoms with E-state index in [2.05, 4.69) is 30.4 Å². The van der Waals surface area contributed by atoms with Gasteiger partial charge in [-0.2, -0.15) is 0 Å². The van der Waals surface area contributed by atoms with Gasteiger partial charge in [0, 0.05) is 22.2 Å². The van der Waals surface area contributed by atoms with Gasteiger partial charge in [-0.3, -0.25) is 0 Å². The van der Waals surface area contributed by atoms with E-state index in [4.69, 9.17) is 18.0 Å². The summed E-state index contributed by atoms with van der Waals surface area (Å²) in [4.78, 5) is 1.67. The zero-order valence-corrected chi connectivity index (χ0v) is 11.7. The highest BCUT2D eigenvalue weighted by molar-refractivity contribution is 7.99. The molecule has 0 heterocycles. The lowest BCUT2D eigenvalue weighted by Crippen LogP contribution is -2.28. The quantitative estimate of drug-likeness (QED) is 0.633. The third-order valence-corrected chi connectivity index (χ3v) is 4.18. The van der Waals surface area contributed by atoms with Gasteiger partial charge in [0.25, 0.3) is 0 Å². The molecule has 0 radical (unpaired) electrons. The van der Waals surface area contributed by atoms with E-state index in [9.17, 15) is 0 Å². The normalized spacial score (nSPS) is 15.4. The number of thioether (sulfide) groups is 1. The van der Waals surface area contributed by atoms with Gasteiger partial charge < -0.3 is 11.1 Å². The molecule has 1 fully saturated rings. The van der Waals surface area contributed by atoms with Crippen LogP contribution in [0.15, 0.2) is 23.1 Å². The minimum absolute atomic E-state index is 0.489. The maximum absolute atomic E-state index is 5.86. The van der Waals surface area contributed by atoms with Gasteiger partial charge in [-0.25, -0.2) is 0 Å². The van der Waals surface area contributed by atoms with E-state index < -0.39 is 0 Å². The van der Waals surface area contributed by atoms with Crippen molar-refractivity contribution >= 4 is 34.7 Å². The van der Waals surface area contributed by atoms with Crippen molar-refractivity contribution in [2.45, 2.75) is 37.1 Å². The number of rotatable bonds is 5. The Balaban J connectivity index is 2.28. The van der Waals surface area contributed by atoms with Gasteiger partial charge >= 0.3 is 0 Å². The SMILES string of the molecule is CCSc1cccc(NC2CCC2)c1C(N)=S. The topological polar surface area (TPSA) is 38.0 Å². The van der Waals surface area contributed by atoms with Crippen LogP contribution in [0.5, 0.6) is 0 Å². The van der Waals surface area contributed by atoms with Crippen LogP contribution in [-0.4, -0.2) is 16.8 Å². The average Bonchev–Trinajstić information content (AvgIpc) is 2.23. The van der Waals surface area contributed by atoms with Gasteiger partial charge in [0.2, 0.25) is 0 Å². The van der Waals surface area contributed by atoms with E-state index in [0.29, 0.717) is 11.0 Å². The van der Waals surface area contributed by atoms with Gasteiger partial charge in [0.1, 0.15) is 4.99 Å².